The van der Waals surface area contributed by atoms with Crippen molar-refractivity contribution in [2.45, 2.75) is 19.9 Å². The Balaban J connectivity index is 0.00000208. The first-order chi connectivity index (χ1) is 11.1. The molecule has 0 bridgehead atoms. The molecule has 1 atom stereocenters. The van der Waals surface area contributed by atoms with Crippen LogP contribution in [-0.2, 0) is 0 Å². The number of halogens is 1. The van der Waals surface area contributed by atoms with Crippen LogP contribution in [0.3, 0.4) is 0 Å². The summed E-state index contributed by atoms with van der Waals surface area (Å²) in [4.78, 5) is 16.8. The van der Waals surface area contributed by atoms with Gasteiger partial charge in [0.25, 0.3) is 5.91 Å². The molecular formula is C18H23ClN2O2S. The Morgan fingerprint density at radius 2 is 2.04 bits per heavy atom. The number of nitrogens with one attached hydrogen (secondary N) is 1. The number of piperazine rings is 1. The summed E-state index contributed by atoms with van der Waals surface area (Å²) in [7, 11) is 1.66. The second-order valence-electron chi connectivity index (χ2n) is 5.86. The Bertz CT molecular complexity index is 700. The lowest BCUT2D eigenvalue weighted by atomic mass is 10.1. The Morgan fingerprint density at radius 1 is 1.33 bits per heavy atom. The van der Waals surface area contributed by atoms with Gasteiger partial charge in [0.2, 0.25) is 0 Å². The zero-order valence-corrected chi connectivity index (χ0v) is 15.8. The van der Waals surface area contributed by atoms with Crippen LogP contribution in [0.2, 0.25) is 0 Å². The van der Waals surface area contributed by atoms with Crippen molar-refractivity contribution >= 4 is 29.7 Å². The summed E-state index contributed by atoms with van der Waals surface area (Å²) in [5, 5.41) is 3.32. The van der Waals surface area contributed by atoms with Gasteiger partial charge < -0.3 is 15.0 Å². The average molecular weight is 367 g/mol. The molecule has 1 amide bonds. The largest absolute Gasteiger partial charge is 0.497 e. The van der Waals surface area contributed by atoms with Crippen molar-refractivity contribution < 1.29 is 9.53 Å². The molecule has 0 saturated carbocycles. The highest BCUT2D eigenvalue weighted by atomic mass is 35.5. The van der Waals surface area contributed by atoms with E-state index < -0.39 is 0 Å². The SMILES string of the molecule is COc1ccc(-c2cc(C(=O)N3CCNCC3C)sc2C)cc1.Cl. The van der Waals surface area contributed by atoms with Crippen molar-refractivity contribution in [3.63, 3.8) is 0 Å². The van der Waals surface area contributed by atoms with Crippen LogP contribution >= 0.6 is 23.7 Å². The van der Waals surface area contributed by atoms with E-state index in [0.717, 1.165) is 41.4 Å². The van der Waals surface area contributed by atoms with Gasteiger partial charge in [0.05, 0.1) is 12.0 Å². The first-order valence-electron chi connectivity index (χ1n) is 7.86. The minimum Gasteiger partial charge on any atom is -0.497 e. The maximum Gasteiger partial charge on any atom is 0.264 e. The number of hydrogen-bond acceptors (Lipinski definition) is 4. The molecule has 2 aromatic rings. The van der Waals surface area contributed by atoms with Crippen LogP contribution in [0.4, 0.5) is 0 Å². The average Bonchev–Trinajstić information content (AvgIpc) is 2.96. The van der Waals surface area contributed by atoms with Gasteiger partial charge in [-0.15, -0.1) is 23.7 Å². The van der Waals surface area contributed by atoms with E-state index in [1.807, 2.05) is 35.2 Å². The Kier molecular flexibility index (Phi) is 6.27. The zero-order chi connectivity index (χ0) is 16.4. The summed E-state index contributed by atoms with van der Waals surface area (Å²) >= 11 is 1.58. The molecule has 0 spiro atoms. The summed E-state index contributed by atoms with van der Waals surface area (Å²) < 4.78 is 5.21. The molecule has 0 aliphatic carbocycles. The van der Waals surface area contributed by atoms with Gasteiger partial charge in [-0.05, 0) is 43.2 Å². The van der Waals surface area contributed by atoms with Crippen molar-refractivity contribution in [3.8, 4) is 16.9 Å². The van der Waals surface area contributed by atoms with E-state index in [1.54, 1.807) is 18.4 Å². The molecule has 3 rings (SSSR count). The minimum absolute atomic E-state index is 0. The van der Waals surface area contributed by atoms with Crippen molar-refractivity contribution in [1.82, 2.24) is 10.2 Å². The number of amides is 1. The van der Waals surface area contributed by atoms with Gasteiger partial charge in [-0.1, -0.05) is 12.1 Å². The van der Waals surface area contributed by atoms with E-state index in [2.05, 4.69) is 19.2 Å². The van der Waals surface area contributed by atoms with Crippen LogP contribution < -0.4 is 10.1 Å². The molecule has 0 radical (unpaired) electrons. The third-order valence-corrected chi connectivity index (χ3v) is 5.33. The van der Waals surface area contributed by atoms with E-state index >= 15 is 0 Å². The number of rotatable bonds is 3. The number of methoxy groups -OCH3 is 1. The Morgan fingerprint density at radius 3 is 2.67 bits per heavy atom. The first kappa shape index (κ1) is 18.8. The zero-order valence-electron chi connectivity index (χ0n) is 14.2. The topological polar surface area (TPSA) is 41.6 Å². The monoisotopic (exact) mass is 366 g/mol. The molecule has 1 aliphatic rings. The standard InChI is InChI=1S/C18H22N2O2S.ClH/c1-12-11-19-8-9-20(12)18(21)17-10-16(13(2)23-17)14-4-6-15(22-3)7-5-14;/h4-7,10,12,19H,8-9,11H2,1-3H3;1H. The third-order valence-electron chi connectivity index (χ3n) is 4.29. The molecule has 1 saturated heterocycles. The lowest BCUT2D eigenvalue weighted by molar-refractivity contribution is 0.0661. The summed E-state index contributed by atoms with van der Waals surface area (Å²) in [6, 6.07) is 10.2. The van der Waals surface area contributed by atoms with E-state index in [0.29, 0.717) is 0 Å². The normalized spacial score (nSPS) is 17.3. The van der Waals surface area contributed by atoms with E-state index in [4.69, 9.17) is 4.74 Å². The quantitative estimate of drug-likeness (QED) is 0.902. The maximum atomic E-state index is 12.8. The molecule has 1 aliphatic heterocycles. The fourth-order valence-electron chi connectivity index (χ4n) is 2.93. The maximum absolute atomic E-state index is 12.8. The van der Waals surface area contributed by atoms with Gasteiger partial charge in [-0.3, -0.25) is 4.79 Å². The molecule has 2 heterocycles. The highest BCUT2D eigenvalue weighted by Gasteiger charge is 2.25. The van der Waals surface area contributed by atoms with Crippen LogP contribution in [0.1, 0.15) is 21.5 Å². The van der Waals surface area contributed by atoms with Gasteiger partial charge in [0.1, 0.15) is 5.75 Å². The van der Waals surface area contributed by atoms with Crippen LogP contribution in [0, 0.1) is 6.92 Å². The molecule has 1 unspecified atom stereocenters. The van der Waals surface area contributed by atoms with Gasteiger partial charge in [0, 0.05) is 30.6 Å². The summed E-state index contributed by atoms with van der Waals surface area (Å²) in [6.07, 6.45) is 0. The van der Waals surface area contributed by atoms with Crippen LogP contribution in [0.25, 0.3) is 11.1 Å². The van der Waals surface area contributed by atoms with Gasteiger partial charge >= 0.3 is 0 Å². The molecule has 130 valence electrons. The van der Waals surface area contributed by atoms with E-state index in [-0.39, 0.29) is 24.4 Å². The predicted octanol–water partition coefficient (Wildman–Crippen LogP) is 3.59. The highest BCUT2D eigenvalue weighted by molar-refractivity contribution is 7.14. The number of benzene rings is 1. The molecule has 1 aromatic heterocycles. The fourth-order valence-corrected chi connectivity index (χ4v) is 3.93. The number of aryl methyl sites for hydroxylation is 1. The second-order valence-corrected chi connectivity index (χ2v) is 7.12. The molecule has 1 fully saturated rings. The van der Waals surface area contributed by atoms with E-state index in [1.165, 1.54) is 4.88 Å². The minimum atomic E-state index is 0. The summed E-state index contributed by atoms with van der Waals surface area (Å²) in [6.45, 7) is 6.67. The summed E-state index contributed by atoms with van der Waals surface area (Å²) in [5.41, 5.74) is 2.25. The number of carbonyl (C=O) groups excluding carboxylic acids is 1. The first-order valence-corrected chi connectivity index (χ1v) is 8.68. The Labute approximate surface area is 153 Å². The molecule has 1 N–H and O–H groups in total. The van der Waals surface area contributed by atoms with Crippen molar-refractivity contribution in [2.75, 3.05) is 26.7 Å². The van der Waals surface area contributed by atoms with Crippen LogP contribution in [-0.4, -0.2) is 43.6 Å². The van der Waals surface area contributed by atoms with Crippen molar-refractivity contribution in [1.29, 1.82) is 0 Å². The third kappa shape index (κ3) is 3.74. The van der Waals surface area contributed by atoms with Crippen molar-refractivity contribution in [3.05, 3.63) is 40.1 Å². The van der Waals surface area contributed by atoms with E-state index in [9.17, 15) is 4.79 Å². The number of ether oxygens (including phenoxy) is 1. The van der Waals surface area contributed by atoms with Crippen LogP contribution in [0.5, 0.6) is 5.75 Å². The number of nitrogens with zero attached hydrogens (tertiary/aromatic N) is 1. The fraction of sp³-hybridized carbons (Fsp3) is 0.389. The molecule has 1 aromatic carbocycles. The smallest absolute Gasteiger partial charge is 0.264 e. The number of thiophene rings is 1. The lowest BCUT2D eigenvalue weighted by Crippen LogP contribution is -2.52. The Hall–Kier alpha value is -1.56. The molecular weight excluding hydrogens is 344 g/mol. The molecule has 4 nitrogen and oxygen atoms in total. The van der Waals surface area contributed by atoms with Gasteiger partial charge in [-0.25, -0.2) is 0 Å². The highest BCUT2D eigenvalue weighted by Crippen LogP contribution is 2.32. The number of hydrogen-bond donors (Lipinski definition) is 1. The summed E-state index contributed by atoms with van der Waals surface area (Å²) in [5.74, 6) is 0.986. The second kappa shape index (κ2) is 8.01. The predicted molar refractivity (Wildman–Crippen MR) is 102 cm³/mol. The van der Waals surface area contributed by atoms with Crippen LogP contribution in [0.15, 0.2) is 30.3 Å². The van der Waals surface area contributed by atoms with Crippen molar-refractivity contribution in [2.24, 2.45) is 0 Å². The molecule has 6 heteroatoms. The number of carbonyl (C=O) groups is 1. The van der Waals surface area contributed by atoms with Gasteiger partial charge in [-0.2, -0.15) is 0 Å². The molecule has 24 heavy (non-hydrogen) atoms. The van der Waals surface area contributed by atoms with Gasteiger partial charge in [0.15, 0.2) is 0 Å². The lowest BCUT2D eigenvalue weighted by Gasteiger charge is -2.33.